The number of nitrogens with zero attached hydrogens (tertiary/aromatic N) is 3. The molecule has 0 saturated heterocycles. The van der Waals surface area contributed by atoms with Crippen LogP contribution < -0.4 is 5.32 Å². The van der Waals surface area contributed by atoms with Crippen molar-refractivity contribution in [1.82, 2.24) is 14.9 Å². The van der Waals surface area contributed by atoms with Crippen LogP contribution in [0.15, 0.2) is 48.7 Å². The van der Waals surface area contributed by atoms with Crippen LogP contribution >= 0.6 is 11.3 Å². The number of nitrogens with one attached hydrogen (secondary N) is 1. The van der Waals surface area contributed by atoms with Crippen LogP contribution in [0.2, 0.25) is 0 Å². The Kier molecular flexibility index (Phi) is 7.54. The van der Waals surface area contributed by atoms with E-state index in [1.807, 2.05) is 54.3 Å². The van der Waals surface area contributed by atoms with E-state index in [9.17, 15) is 9.90 Å². The summed E-state index contributed by atoms with van der Waals surface area (Å²) in [6, 6.07) is 13.2. The molecule has 2 N–H and O–H groups in total. The van der Waals surface area contributed by atoms with Crippen molar-refractivity contribution < 1.29 is 9.90 Å². The number of unbranched alkanes of at least 4 members (excludes halogenated alkanes) is 1. The van der Waals surface area contributed by atoms with Gasteiger partial charge in [-0.3, -0.25) is 4.79 Å². The minimum absolute atomic E-state index is 0.0737. The van der Waals surface area contributed by atoms with Crippen LogP contribution in [0.3, 0.4) is 0 Å². The molecule has 0 aliphatic carbocycles. The molecule has 158 valence electrons. The molecule has 0 spiro atoms. The van der Waals surface area contributed by atoms with Gasteiger partial charge in [0.1, 0.15) is 0 Å². The van der Waals surface area contributed by atoms with Crippen molar-refractivity contribution in [3.8, 4) is 10.6 Å². The summed E-state index contributed by atoms with van der Waals surface area (Å²) in [4.78, 5) is 25.2. The van der Waals surface area contributed by atoms with Gasteiger partial charge in [0.2, 0.25) is 5.95 Å². The molecule has 0 aliphatic heterocycles. The number of hydrogen-bond donors (Lipinski definition) is 2. The summed E-state index contributed by atoms with van der Waals surface area (Å²) in [5.74, 6) is 0.541. The number of rotatable bonds is 9. The number of anilines is 2. The molecule has 1 unspecified atom stereocenters. The Morgan fingerprint density at radius 2 is 2.07 bits per heavy atom. The first-order valence-electron chi connectivity index (χ1n) is 10.3. The van der Waals surface area contributed by atoms with Gasteiger partial charge in [-0.05, 0) is 56.2 Å². The van der Waals surface area contributed by atoms with Crippen LogP contribution in [-0.4, -0.2) is 39.0 Å². The van der Waals surface area contributed by atoms with Crippen molar-refractivity contribution in [3.05, 3.63) is 59.1 Å². The minimum atomic E-state index is -0.541. The van der Waals surface area contributed by atoms with Gasteiger partial charge in [0.25, 0.3) is 5.91 Å². The third kappa shape index (κ3) is 5.43. The number of amides is 1. The zero-order valence-corrected chi connectivity index (χ0v) is 18.4. The second-order valence-electron chi connectivity index (χ2n) is 7.09. The Labute approximate surface area is 181 Å². The average Bonchev–Trinajstić information content (AvgIpc) is 3.25. The number of carbonyl (C=O) groups excluding carboxylic acids is 1. The first-order valence-corrected chi connectivity index (χ1v) is 11.1. The van der Waals surface area contributed by atoms with Crippen molar-refractivity contribution >= 4 is 28.9 Å². The molecule has 0 aliphatic rings. The van der Waals surface area contributed by atoms with Crippen molar-refractivity contribution in [2.24, 2.45) is 0 Å². The van der Waals surface area contributed by atoms with Crippen molar-refractivity contribution in [1.29, 1.82) is 0 Å². The maximum atomic E-state index is 12.8. The molecule has 0 radical (unpaired) electrons. The third-order valence-electron chi connectivity index (χ3n) is 4.80. The summed E-state index contributed by atoms with van der Waals surface area (Å²) >= 11 is 1.45. The van der Waals surface area contributed by atoms with Crippen LogP contribution in [0.5, 0.6) is 0 Å². The van der Waals surface area contributed by atoms with Crippen LogP contribution in [0.4, 0.5) is 11.6 Å². The standard InChI is InChI=1S/C23H28N4O2S/c1-4-6-14-27(5-2)22(29)21-11-10-20(30-21)19-12-13-24-23(26-19)25-18-9-7-8-17(15-18)16(3)28/h7-13,15-16,28H,4-6,14H2,1-3H3,(H,24,25,26). The van der Waals surface area contributed by atoms with E-state index in [0.29, 0.717) is 12.5 Å². The first-order chi connectivity index (χ1) is 14.5. The molecule has 3 aromatic rings. The van der Waals surface area contributed by atoms with Crippen molar-refractivity contribution in [3.63, 3.8) is 0 Å². The molecule has 2 aromatic heterocycles. The van der Waals surface area contributed by atoms with E-state index in [1.54, 1.807) is 13.1 Å². The van der Waals surface area contributed by atoms with Crippen LogP contribution in [0.25, 0.3) is 10.6 Å². The van der Waals surface area contributed by atoms with Crippen LogP contribution in [-0.2, 0) is 0 Å². The zero-order valence-electron chi connectivity index (χ0n) is 17.6. The normalized spacial score (nSPS) is 11.9. The Bertz CT molecular complexity index is 987. The van der Waals surface area contributed by atoms with Gasteiger partial charge in [0.15, 0.2) is 0 Å². The minimum Gasteiger partial charge on any atom is -0.389 e. The van der Waals surface area contributed by atoms with Crippen LogP contribution in [0, 0.1) is 0 Å². The predicted octanol–water partition coefficient (Wildman–Crippen LogP) is 5.26. The highest BCUT2D eigenvalue weighted by Crippen LogP contribution is 2.28. The van der Waals surface area contributed by atoms with Crippen molar-refractivity contribution in [2.45, 2.75) is 39.7 Å². The summed E-state index contributed by atoms with van der Waals surface area (Å²) in [5, 5.41) is 13.0. The number of carbonyl (C=O) groups is 1. The zero-order chi connectivity index (χ0) is 21.5. The summed E-state index contributed by atoms with van der Waals surface area (Å²) < 4.78 is 0. The highest BCUT2D eigenvalue weighted by atomic mass is 32.1. The third-order valence-corrected chi connectivity index (χ3v) is 5.90. The van der Waals surface area contributed by atoms with Crippen LogP contribution in [0.1, 0.15) is 55.0 Å². The van der Waals surface area contributed by atoms with Gasteiger partial charge in [0, 0.05) is 25.0 Å². The van der Waals surface area contributed by atoms with Gasteiger partial charge in [-0.15, -0.1) is 11.3 Å². The molecule has 0 saturated carbocycles. The lowest BCUT2D eigenvalue weighted by atomic mass is 10.1. The molecule has 3 rings (SSSR count). The summed E-state index contributed by atoms with van der Waals surface area (Å²) in [6.07, 6.45) is 3.23. The number of aliphatic hydroxyl groups is 1. The summed E-state index contributed by atoms with van der Waals surface area (Å²) in [7, 11) is 0. The number of aromatic nitrogens is 2. The topological polar surface area (TPSA) is 78.4 Å². The SMILES string of the molecule is CCCCN(CC)C(=O)c1ccc(-c2ccnc(Nc3cccc(C(C)O)c3)n2)s1. The number of aliphatic hydroxyl groups excluding tert-OH is 1. The monoisotopic (exact) mass is 424 g/mol. The molecule has 30 heavy (non-hydrogen) atoms. The lowest BCUT2D eigenvalue weighted by Crippen LogP contribution is -2.31. The van der Waals surface area contributed by atoms with E-state index in [4.69, 9.17) is 0 Å². The van der Waals surface area contributed by atoms with E-state index in [-0.39, 0.29) is 5.91 Å². The van der Waals surface area contributed by atoms with E-state index in [1.165, 1.54) is 11.3 Å². The van der Waals surface area contributed by atoms with Gasteiger partial charge < -0.3 is 15.3 Å². The fourth-order valence-electron chi connectivity index (χ4n) is 3.06. The highest BCUT2D eigenvalue weighted by molar-refractivity contribution is 7.17. The number of benzene rings is 1. The molecule has 1 amide bonds. The summed E-state index contributed by atoms with van der Waals surface area (Å²) in [6.45, 7) is 7.36. The molecule has 0 bridgehead atoms. The Hall–Kier alpha value is -2.77. The number of hydrogen-bond acceptors (Lipinski definition) is 6. The molecule has 0 fully saturated rings. The van der Waals surface area contributed by atoms with E-state index in [0.717, 1.165) is 46.1 Å². The Morgan fingerprint density at radius 1 is 1.23 bits per heavy atom. The van der Waals surface area contributed by atoms with Crippen molar-refractivity contribution in [2.75, 3.05) is 18.4 Å². The maximum Gasteiger partial charge on any atom is 0.263 e. The lowest BCUT2D eigenvalue weighted by molar-refractivity contribution is 0.0767. The first kappa shape index (κ1) is 21.9. The smallest absolute Gasteiger partial charge is 0.263 e. The molecule has 1 atom stereocenters. The van der Waals surface area contributed by atoms with Gasteiger partial charge in [-0.2, -0.15) is 0 Å². The van der Waals surface area contributed by atoms with E-state index in [2.05, 4.69) is 22.2 Å². The molecule has 7 heteroatoms. The Morgan fingerprint density at radius 3 is 2.80 bits per heavy atom. The molecule has 6 nitrogen and oxygen atoms in total. The molecule has 1 aromatic carbocycles. The van der Waals surface area contributed by atoms with Gasteiger partial charge in [-0.1, -0.05) is 25.5 Å². The molecular formula is C23H28N4O2S. The van der Waals surface area contributed by atoms with Gasteiger partial charge in [0.05, 0.1) is 21.6 Å². The largest absolute Gasteiger partial charge is 0.389 e. The van der Waals surface area contributed by atoms with Gasteiger partial charge >= 0.3 is 0 Å². The quantitative estimate of drug-likeness (QED) is 0.490. The average molecular weight is 425 g/mol. The maximum absolute atomic E-state index is 12.8. The second-order valence-corrected chi connectivity index (χ2v) is 8.18. The fourth-order valence-corrected chi connectivity index (χ4v) is 4.00. The Balaban J connectivity index is 1.76. The van der Waals surface area contributed by atoms with E-state index < -0.39 is 6.10 Å². The summed E-state index contributed by atoms with van der Waals surface area (Å²) in [5.41, 5.74) is 2.39. The lowest BCUT2D eigenvalue weighted by Gasteiger charge is -2.19. The fraction of sp³-hybridized carbons (Fsp3) is 0.348. The molecular weight excluding hydrogens is 396 g/mol. The number of thiophene rings is 1. The van der Waals surface area contributed by atoms with Gasteiger partial charge in [-0.25, -0.2) is 9.97 Å². The second kappa shape index (κ2) is 10.3. The molecule has 2 heterocycles. The van der Waals surface area contributed by atoms with E-state index >= 15 is 0 Å². The predicted molar refractivity (Wildman–Crippen MR) is 122 cm³/mol. The highest BCUT2D eigenvalue weighted by Gasteiger charge is 2.17.